The lowest BCUT2D eigenvalue weighted by Crippen LogP contribution is -2.28. The number of fused-ring (bicyclic) bond motifs is 1. The van der Waals surface area contributed by atoms with Crippen LogP contribution in [0.3, 0.4) is 0 Å². The molecule has 0 bridgehead atoms. The van der Waals surface area contributed by atoms with E-state index in [-0.39, 0.29) is 30.0 Å². The van der Waals surface area contributed by atoms with Crippen LogP contribution >= 0.6 is 11.3 Å². The average molecular weight is 334 g/mol. The number of carbonyl (C=O) groups excluding carboxylic acids is 1. The molecule has 2 aromatic rings. The zero-order valence-corrected chi connectivity index (χ0v) is 13.8. The van der Waals surface area contributed by atoms with Gasteiger partial charge in [0.2, 0.25) is 12.7 Å². The van der Waals surface area contributed by atoms with E-state index in [1.165, 1.54) is 0 Å². The molecule has 0 saturated carbocycles. The van der Waals surface area contributed by atoms with Gasteiger partial charge in [0.1, 0.15) is 0 Å². The molecule has 1 amide bonds. The van der Waals surface area contributed by atoms with Crippen molar-refractivity contribution in [3.63, 3.8) is 0 Å². The first-order valence-corrected chi connectivity index (χ1v) is 8.26. The molecule has 1 unspecified atom stereocenters. The molecule has 1 aliphatic rings. The molecule has 0 saturated heterocycles. The summed E-state index contributed by atoms with van der Waals surface area (Å²) >= 11 is 1.15. The smallest absolute Gasteiger partial charge is 0.307 e. The molecule has 1 aliphatic heterocycles. The van der Waals surface area contributed by atoms with E-state index in [0.717, 1.165) is 28.3 Å². The van der Waals surface area contributed by atoms with Gasteiger partial charge in [-0.15, -0.1) is 0 Å². The first-order valence-electron chi connectivity index (χ1n) is 7.38. The van der Waals surface area contributed by atoms with Crippen LogP contribution in [-0.2, 0) is 11.3 Å². The van der Waals surface area contributed by atoms with Crippen LogP contribution in [0.15, 0.2) is 28.4 Å². The lowest BCUT2D eigenvalue weighted by atomic mass is 10.1. The van der Waals surface area contributed by atoms with Crippen LogP contribution in [0.1, 0.15) is 30.6 Å². The first kappa shape index (κ1) is 15.6. The van der Waals surface area contributed by atoms with E-state index in [0.29, 0.717) is 12.3 Å². The fourth-order valence-corrected chi connectivity index (χ4v) is 3.23. The summed E-state index contributed by atoms with van der Waals surface area (Å²) in [5.74, 6) is 1.33. The van der Waals surface area contributed by atoms with Crippen LogP contribution in [0.4, 0.5) is 0 Å². The van der Waals surface area contributed by atoms with Gasteiger partial charge in [0.15, 0.2) is 11.5 Å². The van der Waals surface area contributed by atoms with E-state index in [2.05, 4.69) is 5.32 Å². The minimum absolute atomic E-state index is 0.0286. The topological polar surface area (TPSA) is 69.6 Å². The predicted octanol–water partition coefficient (Wildman–Crippen LogP) is 2.21. The normalized spacial score (nSPS) is 13.8. The van der Waals surface area contributed by atoms with Gasteiger partial charge in [-0.1, -0.05) is 17.4 Å². The Morgan fingerprint density at radius 3 is 2.91 bits per heavy atom. The third kappa shape index (κ3) is 3.39. The van der Waals surface area contributed by atoms with Gasteiger partial charge in [0.25, 0.3) is 0 Å². The number of thiazole rings is 1. The minimum atomic E-state index is -0.141. The Labute approximate surface area is 137 Å². The van der Waals surface area contributed by atoms with Crippen molar-refractivity contribution >= 4 is 17.2 Å². The van der Waals surface area contributed by atoms with E-state index in [1.807, 2.05) is 32.0 Å². The number of nitrogens with one attached hydrogen (secondary N) is 1. The fraction of sp³-hybridized carbons (Fsp3) is 0.375. The van der Waals surface area contributed by atoms with Crippen molar-refractivity contribution < 1.29 is 14.3 Å². The molecule has 2 heterocycles. The quantitative estimate of drug-likeness (QED) is 0.910. The Morgan fingerprint density at radius 1 is 1.39 bits per heavy atom. The first-order chi connectivity index (χ1) is 11.0. The van der Waals surface area contributed by atoms with E-state index in [4.69, 9.17) is 9.47 Å². The third-order valence-electron chi connectivity index (χ3n) is 3.81. The number of ether oxygens (including phenoxy) is 2. The second-order valence-corrected chi connectivity index (χ2v) is 6.27. The molecular formula is C16H18N2O4S. The Bertz CT molecular complexity index is 781. The molecule has 1 N–H and O–H groups in total. The number of hydrogen-bond donors (Lipinski definition) is 1. The lowest BCUT2D eigenvalue weighted by molar-refractivity contribution is -0.121. The number of benzene rings is 1. The van der Waals surface area contributed by atoms with Crippen LogP contribution in [0.25, 0.3) is 0 Å². The SMILES string of the molecule is Cc1csc(=O)n1CCC(=O)NC(C)c1ccc2c(c1)OCO2. The van der Waals surface area contributed by atoms with E-state index in [1.54, 1.807) is 9.95 Å². The highest BCUT2D eigenvalue weighted by molar-refractivity contribution is 7.07. The van der Waals surface area contributed by atoms with Crippen molar-refractivity contribution in [1.29, 1.82) is 0 Å². The summed E-state index contributed by atoms with van der Waals surface area (Å²) in [5.41, 5.74) is 1.84. The molecule has 3 rings (SSSR count). The van der Waals surface area contributed by atoms with Crippen molar-refractivity contribution in [1.82, 2.24) is 9.88 Å². The summed E-state index contributed by atoms with van der Waals surface area (Å²) in [6, 6.07) is 5.48. The van der Waals surface area contributed by atoms with Crippen LogP contribution in [0, 0.1) is 6.92 Å². The Balaban J connectivity index is 1.58. The number of rotatable bonds is 5. The molecule has 0 radical (unpaired) electrons. The maximum absolute atomic E-state index is 12.1. The number of amides is 1. The molecule has 1 aromatic carbocycles. The second-order valence-electron chi connectivity index (χ2n) is 5.45. The van der Waals surface area contributed by atoms with Crippen molar-refractivity contribution in [3.8, 4) is 11.5 Å². The van der Waals surface area contributed by atoms with Gasteiger partial charge in [-0.2, -0.15) is 0 Å². The van der Waals surface area contributed by atoms with Crippen molar-refractivity contribution in [2.75, 3.05) is 6.79 Å². The highest BCUT2D eigenvalue weighted by Crippen LogP contribution is 2.34. The van der Waals surface area contributed by atoms with Crippen molar-refractivity contribution in [2.24, 2.45) is 0 Å². The number of nitrogens with zero attached hydrogens (tertiary/aromatic N) is 1. The van der Waals surface area contributed by atoms with Crippen LogP contribution in [0.5, 0.6) is 11.5 Å². The predicted molar refractivity (Wildman–Crippen MR) is 87.1 cm³/mol. The summed E-state index contributed by atoms with van der Waals surface area (Å²) in [5, 5.41) is 4.74. The highest BCUT2D eigenvalue weighted by Gasteiger charge is 2.17. The largest absolute Gasteiger partial charge is 0.454 e. The van der Waals surface area contributed by atoms with Crippen LogP contribution in [0.2, 0.25) is 0 Å². The van der Waals surface area contributed by atoms with Gasteiger partial charge in [0.05, 0.1) is 6.04 Å². The number of aromatic nitrogens is 1. The molecule has 0 fully saturated rings. The number of carbonyl (C=O) groups is 1. The van der Waals surface area contributed by atoms with Gasteiger partial charge in [-0.25, -0.2) is 0 Å². The van der Waals surface area contributed by atoms with Crippen molar-refractivity contribution in [2.45, 2.75) is 32.9 Å². The zero-order valence-electron chi connectivity index (χ0n) is 13.0. The summed E-state index contributed by atoms with van der Waals surface area (Å²) in [4.78, 5) is 23.7. The Hall–Kier alpha value is -2.28. The molecule has 1 atom stereocenters. The standard InChI is InChI=1S/C16H18N2O4S/c1-10-8-23-16(20)18(10)6-5-15(19)17-11(2)12-3-4-13-14(7-12)22-9-21-13/h3-4,7-8,11H,5-6,9H2,1-2H3,(H,17,19). The Kier molecular flexibility index (Phi) is 4.38. The second kappa shape index (κ2) is 6.45. The van der Waals surface area contributed by atoms with Crippen LogP contribution in [-0.4, -0.2) is 17.3 Å². The number of hydrogen-bond acceptors (Lipinski definition) is 5. The van der Waals surface area contributed by atoms with Gasteiger partial charge >= 0.3 is 4.87 Å². The van der Waals surface area contributed by atoms with Gasteiger partial charge in [-0.3, -0.25) is 9.59 Å². The third-order valence-corrected chi connectivity index (χ3v) is 4.69. The van der Waals surface area contributed by atoms with Crippen LogP contribution < -0.4 is 19.7 Å². The lowest BCUT2D eigenvalue weighted by Gasteiger charge is -2.15. The monoisotopic (exact) mass is 334 g/mol. The fourth-order valence-electron chi connectivity index (χ4n) is 2.47. The molecule has 122 valence electrons. The maximum atomic E-state index is 12.1. The van der Waals surface area contributed by atoms with E-state index >= 15 is 0 Å². The molecule has 6 nitrogen and oxygen atoms in total. The van der Waals surface area contributed by atoms with Gasteiger partial charge < -0.3 is 19.4 Å². The van der Waals surface area contributed by atoms with E-state index in [9.17, 15) is 9.59 Å². The summed E-state index contributed by atoms with van der Waals surface area (Å²) in [6.45, 7) is 4.41. The molecule has 1 aromatic heterocycles. The summed E-state index contributed by atoms with van der Waals surface area (Å²) in [7, 11) is 0. The summed E-state index contributed by atoms with van der Waals surface area (Å²) < 4.78 is 12.2. The van der Waals surface area contributed by atoms with E-state index < -0.39 is 0 Å². The summed E-state index contributed by atoms with van der Waals surface area (Å²) in [6.07, 6.45) is 0.270. The Morgan fingerprint density at radius 2 is 2.17 bits per heavy atom. The maximum Gasteiger partial charge on any atom is 0.307 e. The highest BCUT2D eigenvalue weighted by atomic mass is 32.1. The minimum Gasteiger partial charge on any atom is -0.454 e. The average Bonchev–Trinajstić information content (AvgIpc) is 3.11. The molecule has 0 spiro atoms. The van der Waals surface area contributed by atoms with Gasteiger partial charge in [0, 0.05) is 24.0 Å². The zero-order chi connectivity index (χ0) is 16.4. The molecular weight excluding hydrogens is 316 g/mol. The molecule has 7 heteroatoms. The molecule has 0 aliphatic carbocycles. The number of aryl methyl sites for hydroxylation is 1. The van der Waals surface area contributed by atoms with Crippen molar-refractivity contribution in [3.05, 3.63) is 44.5 Å². The van der Waals surface area contributed by atoms with Gasteiger partial charge in [-0.05, 0) is 31.5 Å². The molecule has 23 heavy (non-hydrogen) atoms.